The van der Waals surface area contributed by atoms with Crippen LogP contribution in [0.25, 0.3) is 0 Å². The summed E-state index contributed by atoms with van der Waals surface area (Å²) in [5.41, 5.74) is 3.21. The molecule has 0 aromatic rings. The molecule has 0 heterocycles. The van der Waals surface area contributed by atoms with Crippen LogP contribution in [0.5, 0.6) is 0 Å². The smallest absolute Gasteiger partial charge is 0.161 e. The minimum atomic E-state index is -0.310. The predicted molar refractivity (Wildman–Crippen MR) is 93.3 cm³/mol. The number of rotatable bonds is 2. The molecule has 3 saturated carbocycles. The third-order valence-electron chi connectivity index (χ3n) is 8.09. The summed E-state index contributed by atoms with van der Waals surface area (Å²) in [4.78, 5) is 12.3. The highest BCUT2D eigenvalue weighted by Crippen LogP contribution is 2.64. The normalized spacial score (nSPS) is 47.2. The standard InChI is InChI=1S/C21H30O3/c1-20-9-7-14(23)11-13(20)3-4-15-16-5-6-18(19(24)12-22)21(16,2)10-8-17(15)20/h3-4,14,16-18,22-23H,5-12H2,1-2H3/t14-,16?,17+,18+,20+,21-/m0/s1. The molecule has 0 aliphatic heterocycles. The molecule has 4 aliphatic carbocycles. The Morgan fingerprint density at radius 2 is 1.92 bits per heavy atom. The Morgan fingerprint density at radius 3 is 2.67 bits per heavy atom. The molecule has 0 bridgehead atoms. The Kier molecular flexibility index (Phi) is 3.81. The van der Waals surface area contributed by atoms with Gasteiger partial charge in [0.05, 0.1) is 6.10 Å². The number of aliphatic hydroxyl groups is 2. The number of aliphatic hydroxyl groups excluding tert-OH is 2. The molecule has 4 aliphatic rings. The maximum atomic E-state index is 12.3. The van der Waals surface area contributed by atoms with Crippen molar-refractivity contribution in [2.45, 2.75) is 64.9 Å². The van der Waals surface area contributed by atoms with Crippen molar-refractivity contribution in [2.24, 2.45) is 28.6 Å². The highest BCUT2D eigenvalue weighted by atomic mass is 16.3. The largest absolute Gasteiger partial charge is 0.393 e. The number of ketones is 1. The van der Waals surface area contributed by atoms with Gasteiger partial charge in [-0.25, -0.2) is 0 Å². The molecule has 24 heavy (non-hydrogen) atoms. The van der Waals surface area contributed by atoms with Gasteiger partial charge in [-0.05, 0) is 67.6 Å². The summed E-state index contributed by atoms with van der Waals surface area (Å²) in [6.07, 6.45) is 11.5. The van der Waals surface area contributed by atoms with Gasteiger partial charge >= 0.3 is 0 Å². The highest BCUT2D eigenvalue weighted by molar-refractivity contribution is 5.83. The Labute approximate surface area is 144 Å². The van der Waals surface area contributed by atoms with Crippen LogP contribution in [0.4, 0.5) is 0 Å². The summed E-state index contributed by atoms with van der Waals surface area (Å²) < 4.78 is 0. The lowest BCUT2D eigenvalue weighted by Crippen LogP contribution is -2.47. The molecule has 0 radical (unpaired) electrons. The number of carbonyl (C=O) groups is 1. The van der Waals surface area contributed by atoms with Gasteiger partial charge in [0.2, 0.25) is 0 Å². The fourth-order valence-corrected chi connectivity index (χ4v) is 6.62. The second-order valence-electron chi connectivity index (χ2n) is 9.08. The number of carbonyl (C=O) groups excluding carboxylic acids is 1. The minimum absolute atomic E-state index is 0.0258. The van der Waals surface area contributed by atoms with Crippen LogP contribution < -0.4 is 0 Å². The van der Waals surface area contributed by atoms with Gasteiger partial charge < -0.3 is 10.2 Å². The third-order valence-corrected chi connectivity index (χ3v) is 8.09. The van der Waals surface area contributed by atoms with Gasteiger partial charge in [-0.1, -0.05) is 37.1 Å². The van der Waals surface area contributed by atoms with E-state index in [9.17, 15) is 15.0 Å². The van der Waals surface area contributed by atoms with Crippen molar-refractivity contribution in [1.29, 1.82) is 0 Å². The summed E-state index contributed by atoms with van der Waals surface area (Å²) in [7, 11) is 0. The first kappa shape index (κ1) is 16.5. The molecular weight excluding hydrogens is 300 g/mol. The van der Waals surface area contributed by atoms with E-state index in [1.54, 1.807) is 5.57 Å². The Morgan fingerprint density at radius 1 is 1.12 bits per heavy atom. The van der Waals surface area contributed by atoms with Gasteiger partial charge in [-0.2, -0.15) is 0 Å². The molecule has 0 amide bonds. The predicted octanol–water partition coefficient (Wildman–Crippen LogP) is 3.41. The van der Waals surface area contributed by atoms with Crippen molar-refractivity contribution in [3.05, 3.63) is 23.3 Å². The molecule has 132 valence electrons. The van der Waals surface area contributed by atoms with Gasteiger partial charge in [0.1, 0.15) is 6.61 Å². The number of hydrogen-bond acceptors (Lipinski definition) is 3. The SMILES string of the molecule is C[C@]12CC[C@@H]3C(=CC=C4C[C@@H](O)CC[C@]43C)C1CC[C@@H]2C(=O)CO. The minimum Gasteiger partial charge on any atom is -0.393 e. The van der Waals surface area contributed by atoms with Crippen molar-refractivity contribution >= 4 is 5.78 Å². The summed E-state index contributed by atoms with van der Waals surface area (Å²) in [5.74, 6) is 1.13. The van der Waals surface area contributed by atoms with Crippen LogP contribution in [-0.2, 0) is 4.79 Å². The van der Waals surface area contributed by atoms with Crippen LogP contribution in [0.1, 0.15) is 58.8 Å². The molecule has 4 rings (SSSR count). The van der Waals surface area contributed by atoms with Crippen molar-refractivity contribution < 1.29 is 15.0 Å². The van der Waals surface area contributed by atoms with E-state index in [0.29, 0.717) is 11.8 Å². The van der Waals surface area contributed by atoms with E-state index < -0.39 is 0 Å². The maximum absolute atomic E-state index is 12.3. The number of fused-ring (bicyclic) bond motifs is 5. The van der Waals surface area contributed by atoms with Gasteiger partial charge in [-0.3, -0.25) is 4.79 Å². The van der Waals surface area contributed by atoms with Gasteiger partial charge in [-0.15, -0.1) is 0 Å². The average molecular weight is 330 g/mol. The molecule has 0 aromatic carbocycles. The zero-order chi connectivity index (χ0) is 17.1. The number of allylic oxidation sites excluding steroid dienone is 3. The molecule has 3 fully saturated rings. The lowest BCUT2D eigenvalue weighted by atomic mass is 9.50. The third kappa shape index (κ3) is 2.13. The second-order valence-corrected chi connectivity index (χ2v) is 9.08. The van der Waals surface area contributed by atoms with Crippen LogP contribution in [0.3, 0.4) is 0 Å². The second kappa shape index (κ2) is 5.54. The molecule has 0 spiro atoms. The van der Waals surface area contributed by atoms with Crippen LogP contribution >= 0.6 is 0 Å². The summed E-state index contributed by atoms with van der Waals surface area (Å²) >= 11 is 0. The quantitative estimate of drug-likeness (QED) is 0.816. The van der Waals surface area contributed by atoms with Crippen molar-refractivity contribution in [1.82, 2.24) is 0 Å². The summed E-state index contributed by atoms with van der Waals surface area (Å²) in [5, 5.41) is 19.4. The molecule has 3 heteroatoms. The summed E-state index contributed by atoms with van der Waals surface area (Å²) in [6.45, 7) is 4.37. The van der Waals surface area contributed by atoms with E-state index in [2.05, 4.69) is 26.0 Å². The van der Waals surface area contributed by atoms with Crippen molar-refractivity contribution in [2.75, 3.05) is 6.61 Å². The van der Waals surface area contributed by atoms with Crippen molar-refractivity contribution in [3.8, 4) is 0 Å². The van der Waals surface area contributed by atoms with Crippen LogP contribution in [0.2, 0.25) is 0 Å². The molecule has 2 N–H and O–H groups in total. The lowest BCUT2D eigenvalue weighted by Gasteiger charge is -2.54. The zero-order valence-corrected chi connectivity index (χ0v) is 14.9. The van der Waals surface area contributed by atoms with E-state index in [1.165, 1.54) is 5.57 Å². The van der Waals surface area contributed by atoms with Gasteiger partial charge in [0, 0.05) is 5.92 Å². The first-order chi connectivity index (χ1) is 11.4. The topological polar surface area (TPSA) is 57.5 Å². The molecule has 6 atom stereocenters. The first-order valence-corrected chi connectivity index (χ1v) is 9.63. The monoisotopic (exact) mass is 330 g/mol. The van der Waals surface area contributed by atoms with Gasteiger partial charge in [0.15, 0.2) is 5.78 Å². The summed E-state index contributed by atoms with van der Waals surface area (Å²) in [6, 6.07) is 0. The van der Waals surface area contributed by atoms with Crippen LogP contribution in [0.15, 0.2) is 23.3 Å². The van der Waals surface area contributed by atoms with E-state index in [1.807, 2.05) is 0 Å². The fraction of sp³-hybridized carbons (Fsp3) is 0.762. The Bertz CT molecular complexity index is 619. The van der Waals surface area contributed by atoms with Crippen molar-refractivity contribution in [3.63, 3.8) is 0 Å². The lowest BCUT2D eigenvalue weighted by molar-refractivity contribution is -0.129. The van der Waals surface area contributed by atoms with E-state index in [4.69, 9.17) is 0 Å². The molecule has 0 saturated heterocycles. The van der Waals surface area contributed by atoms with E-state index in [0.717, 1.165) is 44.9 Å². The Hall–Kier alpha value is -0.930. The first-order valence-electron chi connectivity index (χ1n) is 9.63. The molecule has 3 nitrogen and oxygen atoms in total. The van der Waals surface area contributed by atoms with E-state index in [-0.39, 0.29) is 35.2 Å². The number of Topliss-reactive ketones (excluding diaryl/α,β-unsaturated/α-hetero) is 1. The van der Waals surface area contributed by atoms with Crippen LogP contribution in [0, 0.1) is 28.6 Å². The molecule has 0 aromatic heterocycles. The maximum Gasteiger partial charge on any atom is 0.161 e. The zero-order valence-electron chi connectivity index (χ0n) is 14.9. The fourth-order valence-electron chi connectivity index (χ4n) is 6.62. The number of hydrogen-bond donors (Lipinski definition) is 2. The molecular formula is C21H30O3. The van der Waals surface area contributed by atoms with Crippen LogP contribution in [-0.4, -0.2) is 28.7 Å². The highest BCUT2D eigenvalue weighted by Gasteiger charge is 2.57. The van der Waals surface area contributed by atoms with Gasteiger partial charge in [0.25, 0.3) is 0 Å². The van der Waals surface area contributed by atoms with E-state index >= 15 is 0 Å². The average Bonchev–Trinajstić information content (AvgIpc) is 2.92. The Balaban J connectivity index is 1.69. The molecule has 1 unspecified atom stereocenters.